The van der Waals surface area contributed by atoms with Gasteiger partial charge in [0.2, 0.25) is 10.0 Å². The van der Waals surface area contributed by atoms with Crippen LogP contribution in [0.1, 0.15) is 39.5 Å². The van der Waals surface area contributed by atoms with E-state index in [0.717, 1.165) is 0 Å². The third kappa shape index (κ3) is 4.48. The van der Waals surface area contributed by atoms with Crippen molar-refractivity contribution in [1.29, 1.82) is 5.26 Å². The van der Waals surface area contributed by atoms with E-state index in [0.29, 0.717) is 19.3 Å². The maximum absolute atomic E-state index is 12.0. The molecule has 0 aliphatic heterocycles. The number of nitrogens with zero attached hydrogens (tertiary/aromatic N) is 1. The predicted molar refractivity (Wildman–Crippen MR) is 69.7 cm³/mol. The summed E-state index contributed by atoms with van der Waals surface area (Å²) in [7, 11) is -3.68. The highest BCUT2D eigenvalue weighted by Crippen LogP contribution is 2.49. The van der Waals surface area contributed by atoms with Crippen molar-refractivity contribution in [1.82, 2.24) is 4.72 Å². The zero-order valence-corrected chi connectivity index (χ0v) is 12.0. The molecule has 0 amide bonds. The Balaban J connectivity index is 2.73. The highest BCUT2D eigenvalue weighted by Gasteiger charge is 2.46. The summed E-state index contributed by atoms with van der Waals surface area (Å²) in [5, 5.41) is 17.8. The average Bonchev–Trinajstić information content (AvgIpc) is 3.04. The minimum absolute atomic E-state index is 0.159. The number of rotatable bonds is 8. The fraction of sp³-hybridized carbons (Fsp3) is 0.833. The van der Waals surface area contributed by atoms with Crippen molar-refractivity contribution >= 4 is 16.0 Å². The number of hydrogen-bond acceptors (Lipinski definition) is 4. The third-order valence-corrected chi connectivity index (χ3v) is 5.30. The summed E-state index contributed by atoms with van der Waals surface area (Å²) in [5.41, 5.74) is -0.459. The molecular formula is C12H20N2O4S. The van der Waals surface area contributed by atoms with E-state index in [1.54, 1.807) is 6.92 Å². The van der Waals surface area contributed by atoms with Crippen LogP contribution in [0.3, 0.4) is 0 Å². The van der Waals surface area contributed by atoms with Gasteiger partial charge in [0.25, 0.3) is 0 Å². The first-order valence-corrected chi connectivity index (χ1v) is 8.00. The summed E-state index contributed by atoms with van der Waals surface area (Å²) in [6, 6.07) is 0.891. The first-order chi connectivity index (χ1) is 8.75. The van der Waals surface area contributed by atoms with Gasteiger partial charge < -0.3 is 5.11 Å². The van der Waals surface area contributed by atoms with E-state index in [-0.39, 0.29) is 18.1 Å². The van der Waals surface area contributed by atoms with Crippen molar-refractivity contribution in [3.8, 4) is 6.07 Å². The Bertz CT molecular complexity index is 476. The number of carbonyl (C=O) groups is 1. The number of carboxylic acids is 1. The lowest BCUT2D eigenvalue weighted by atomic mass is 10.0. The minimum atomic E-state index is -3.68. The standard InChI is InChI=1S/C12H20N2O4S/c1-3-9(2)10(11(15)16)14-19(17,18)8-12(4-5-12)6-7-13/h9-10,14H,3-6,8H2,1-2H3,(H,15,16)/t9-,10-/m0/s1. The Labute approximate surface area is 113 Å². The van der Waals surface area contributed by atoms with Crippen LogP contribution in [0.2, 0.25) is 0 Å². The first-order valence-electron chi connectivity index (χ1n) is 6.35. The Morgan fingerprint density at radius 2 is 2.11 bits per heavy atom. The van der Waals surface area contributed by atoms with Gasteiger partial charge in [-0.3, -0.25) is 4.79 Å². The largest absolute Gasteiger partial charge is 0.480 e. The van der Waals surface area contributed by atoms with Gasteiger partial charge >= 0.3 is 5.97 Å². The van der Waals surface area contributed by atoms with Crippen LogP contribution in [0.4, 0.5) is 0 Å². The topological polar surface area (TPSA) is 107 Å². The highest BCUT2D eigenvalue weighted by molar-refractivity contribution is 7.89. The molecule has 0 aromatic heterocycles. The van der Waals surface area contributed by atoms with E-state index in [2.05, 4.69) is 4.72 Å². The summed E-state index contributed by atoms with van der Waals surface area (Å²) in [5.74, 6) is -1.60. The number of carboxylic acid groups (broad SMARTS) is 1. The molecular weight excluding hydrogens is 268 g/mol. The molecule has 1 saturated carbocycles. The molecule has 108 valence electrons. The van der Waals surface area contributed by atoms with Crippen molar-refractivity contribution in [2.45, 2.75) is 45.6 Å². The molecule has 0 aromatic rings. The zero-order valence-electron chi connectivity index (χ0n) is 11.2. The van der Waals surface area contributed by atoms with Gasteiger partial charge in [-0.05, 0) is 24.2 Å². The van der Waals surface area contributed by atoms with Crippen LogP contribution in [-0.2, 0) is 14.8 Å². The number of aliphatic carboxylic acids is 1. The summed E-state index contributed by atoms with van der Waals surface area (Å²) in [6.45, 7) is 3.51. The highest BCUT2D eigenvalue weighted by atomic mass is 32.2. The molecule has 7 heteroatoms. The van der Waals surface area contributed by atoms with Gasteiger partial charge in [-0.25, -0.2) is 13.1 Å². The molecule has 6 nitrogen and oxygen atoms in total. The molecule has 1 aliphatic rings. The molecule has 2 atom stereocenters. The van der Waals surface area contributed by atoms with Crippen molar-refractivity contribution in [3.05, 3.63) is 0 Å². The molecule has 0 saturated heterocycles. The van der Waals surface area contributed by atoms with Crippen LogP contribution in [0, 0.1) is 22.7 Å². The van der Waals surface area contributed by atoms with Gasteiger partial charge in [-0.2, -0.15) is 5.26 Å². The molecule has 0 spiro atoms. The molecule has 0 unspecified atom stereocenters. The maximum Gasteiger partial charge on any atom is 0.322 e. The number of nitriles is 1. The normalized spacial score (nSPS) is 20.3. The van der Waals surface area contributed by atoms with Crippen molar-refractivity contribution in [2.24, 2.45) is 11.3 Å². The van der Waals surface area contributed by atoms with Gasteiger partial charge in [0, 0.05) is 6.42 Å². The van der Waals surface area contributed by atoms with E-state index >= 15 is 0 Å². The maximum atomic E-state index is 12.0. The fourth-order valence-electron chi connectivity index (χ4n) is 2.00. The van der Waals surface area contributed by atoms with Crippen LogP contribution >= 0.6 is 0 Å². The lowest BCUT2D eigenvalue weighted by molar-refractivity contribution is -0.140. The Morgan fingerprint density at radius 3 is 2.47 bits per heavy atom. The number of nitrogens with one attached hydrogen (secondary N) is 1. The van der Waals surface area contributed by atoms with Gasteiger partial charge in [-0.1, -0.05) is 20.3 Å². The van der Waals surface area contributed by atoms with Gasteiger partial charge in [-0.15, -0.1) is 0 Å². The molecule has 2 N–H and O–H groups in total. The summed E-state index contributed by atoms with van der Waals surface area (Å²) in [6.07, 6.45) is 2.20. The number of sulfonamides is 1. The Morgan fingerprint density at radius 1 is 1.53 bits per heavy atom. The second-order valence-electron chi connectivity index (χ2n) is 5.41. The molecule has 1 aliphatic carbocycles. The predicted octanol–water partition coefficient (Wildman–Crippen LogP) is 1.10. The average molecular weight is 288 g/mol. The molecule has 1 rings (SSSR count). The molecule has 1 fully saturated rings. The zero-order chi connectivity index (χ0) is 14.7. The van der Waals surface area contributed by atoms with E-state index in [9.17, 15) is 13.2 Å². The Kier molecular flexibility index (Phi) is 4.93. The van der Waals surface area contributed by atoms with E-state index < -0.39 is 27.4 Å². The first kappa shape index (κ1) is 15.9. The van der Waals surface area contributed by atoms with E-state index in [1.165, 1.54) is 0 Å². The second kappa shape index (κ2) is 5.88. The third-order valence-electron chi connectivity index (χ3n) is 3.69. The summed E-state index contributed by atoms with van der Waals surface area (Å²) >= 11 is 0. The minimum Gasteiger partial charge on any atom is -0.480 e. The van der Waals surface area contributed by atoms with Crippen molar-refractivity contribution < 1.29 is 18.3 Å². The fourth-order valence-corrected chi connectivity index (χ4v) is 4.00. The van der Waals surface area contributed by atoms with Gasteiger partial charge in [0.15, 0.2) is 0 Å². The summed E-state index contributed by atoms with van der Waals surface area (Å²) < 4.78 is 26.3. The second-order valence-corrected chi connectivity index (χ2v) is 7.17. The number of hydrogen-bond donors (Lipinski definition) is 2. The molecule has 0 bridgehead atoms. The molecule has 0 aromatic carbocycles. The lowest BCUT2D eigenvalue weighted by Gasteiger charge is -2.21. The van der Waals surface area contributed by atoms with Crippen LogP contribution in [0.15, 0.2) is 0 Å². The van der Waals surface area contributed by atoms with Crippen molar-refractivity contribution in [2.75, 3.05) is 5.75 Å². The summed E-state index contributed by atoms with van der Waals surface area (Å²) in [4.78, 5) is 11.1. The van der Waals surface area contributed by atoms with E-state index in [1.807, 2.05) is 13.0 Å². The lowest BCUT2D eigenvalue weighted by Crippen LogP contribution is -2.46. The van der Waals surface area contributed by atoms with Crippen molar-refractivity contribution in [3.63, 3.8) is 0 Å². The van der Waals surface area contributed by atoms with E-state index in [4.69, 9.17) is 10.4 Å². The Hall–Kier alpha value is -1.13. The van der Waals surface area contributed by atoms with Crippen LogP contribution in [-0.4, -0.2) is 31.3 Å². The molecule has 0 radical (unpaired) electrons. The van der Waals surface area contributed by atoms with Crippen LogP contribution < -0.4 is 4.72 Å². The van der Waals surface area contributed by atoms with Gasteiger partial charge in [0.1, 0.15) is 6.04 Å². The smallest absolute Gasteiger partial charge is 0.322 e. The molecule has 0 heterocycles. The van der Waals surface area contributed by atoms with Gasteiger partial charge in [0.05, 0.1) is 11.8 Å². The monoisotopic (exact) mass is 288 g/mol. The SMILES string of the molecule is CC[C@H](C)[C@H](NS(=O)(=O)CC1(CC#N)CC1)C(=O)O. The van der Waals surface area contributed by atoms with Crippen LogP contribution in [0.5, 0.6) is 0 Å². The van der Waals surface area contributed by atoms with Crippen LogP contribution in [0.25, 0.3) is 0 Å². The molecule has 19 heavy (non-hydrogen) atoms. The quantitative estimate of drug-likeness (QED) is 0.695.